The fourth-order valence-corrected chi connectivity index (χ4v) is 2.42. The molecule has 2 aliphatic heterocycles. The number of rotatable bonds is 1. The van der Waals surface area contributed by atoms with E-state index in [1.807, 2.05) is 6.07 Å². The number of hydrogen-bond acceptors (Lipinski definition) is 5. The molecule has 2 atom stereocenters. The van der Waals surface area contributed by atoms with Crippen molar-refractivity contribution < 1.29 is 0 Å². The number of nitrogens with zero attached hydrogens (tertiary/aromatic N) is 2. The molecule has 3 heterocycles. The van der Waals surface area contributed by atoms with Crippen molar-refractivity contribution >= 4 is 5.82 Å². The number of hydrogen-bond donors (Lipinski definition) is 3. The molecule has 0 aromatic carbocycles. The standard InChI is InChI=1S/C9H13N5/c10-12-9-4-6-7-2-1-5(11-7)3-8(6)13-14-9/h4-5,7,11H,1-3,10H2,(H,12,14). The summed E-state index contributed by atoms with van der Waals surface area (Å²) in [6.07, 6.45) is 3.45. The van der Waals surface area contributed by atoms with Crippen molar-refractivity contribution in [2.24, 2.45) is 5.84 Å². The normalized spacial score (nSPS) is 28.6. The van der Waals surface area contributed by atoms with E-state index in [1.54, 1.807) is 0 Å². The van der Waals surface area contributed by atoms with Crippen molar-refractivity contribution in [3.63, 3.8) is 0 Å². The zero-order valence-corrected chi connectivity index (χ0v) is 7.83. The molecule has 0 amide bonds. The quantitative estimate of drug-likeness (QED) is 0.434. The van der Waals surface area contributed by atoms with Gasteiger partial charge in [-0.15, -0.1) is 5.10 Å². The van der Waals surface area contributed by atoms with E-state index in [9.17, 15) is 0 Å². The van der Waals surface area contributed by atoms with Gasteiger partial charge in [0.05, 0.1) is 5.69 Å². The van der Waals surface area contributed by atoms with Gasteiger partial charge in [0.1, 0.15) is 0 Å². The lowest BCUT2D eigenvalue weighted by Gasteiger charge is -2.23. The van der Waals surface area contributed by atoms with Crippen LogP contribution in [0.3, 0.4) is 0 Å². The molecule has 2 unspecified atom stereocenters. The second kappa shape index (κ2) is 2.90. The molecular formula is C9H13N5. The minimum Gasteiger partial charge on any atom is -0.307 e. The van der Waals surface area contributed by atoms with E-state index in [1.165, 1.54) is 18.4 Å². The highest BCUT2D eigenvalue weighted by atomic mass is 15.3. The molecule has 1 aromatic rings. The number of fused-ring (bicyclic) bond motifs is 4. The summed E-state index contributed by atoms with van der Waals surface area (Å²) in [6, 6.07) is 3.08. The van der Waals surface area contributed by atoms with Crippen molar-refractivity contribution in [3.05, 3.63) is 17.3 Å². The van der Waals surface area contributed by atoms with E-state index in [0.29, 0.717) is 17.9 Å². The van der Waals surface area contributed by atoms with E-state index in [0.717, 1.165) is 12.1 Å². The lowest BCUT2D eigenvalue weighted by molar-refractivity contribution is 0.502. The van der Waals surface area contributed by atoms with Crippen LogP contribution < -0.4 is 16.6 Å². The van der Waals surface area contributed by atoms with E-state index in [2.05, 4.69) is 20.9 Å². The van der Waals surface area contributed by atoms with Crippen LogP contribution in [0.1, 0.15) is 30.1 Å². The van der Waals surface area contributed by atoms with Gasteiger partial charge in [0.25, 0.3) is 0 Å². The number of hydrazine groups is 1. The first-order valence-electron chi connectivity index (χ1n) is 4.96. The van der Waals surface area contributed by atoms with Gasteiger partial charge < -0.3 is 10.7 Å². The molecule has 0 radical (unpaired) electrons. The van der Waals surface area contributed by atoms with Crippen LogP contribution in [-0.4, -0.2) is 16.2 Å². The fraction of sp³-hybridized carbons (Fsp3) is 0.556. The average Bonchev–Trinajstić information content (AvgIpc) is 2.61. The van der Waals surface area contributed by atoms with Crippen molar-refractivity contribution in [2.45, 2.75) is 31.3 Å². The topological polar surface area (TPSA) is 75.9 Å². The SMILES string of the molecule is NNc1cc2c(nn1)CC1CCC2N1. The summed E-state index contributed by atoms with van der Waals surface area (Å²) in [5.74, 6) is 5.96. The number of anilines is 1. The first kappa shape index (κ1) is 8.14. The van der Waals surface area contributed by atoms with Gasteiger partial charge in [-0.3, -0.25) is 0 Å². The molecule has 2 bridgehead atoms. The molecule has 5 heteroatoms. The number of nitrogen functional groups attached to an aromatic ring is 1. The van der Waals surface area contributed by atoms with Crippen molar-refractivity contribution in [3.8, 4) is 0 Å². The summed E-state index contributed by atoms with van der Waals surface area (Å²) < 4.78 is 0. The Labute approximate surface area is 82.1 Å². The zero-order chi connectivity index (χ0) is 9.54. The second-order valence-electron chi connectivity index (χ2n) is 3.97. The molecule has 5 nitrogen and oxygen atoms in total. The predicted octanol–water partition coefficient (Wildman–Crippen LogP) is 0.111. The van der Waals surface area contributed by atoms with E-state index in [4.69, 9.17) is 5.84 Å². The Hall–Kier alpha value is -1.20. The number of aromatic nitrogens is 2. The van der Waals surface area contributed by atoms with Gasteiger partial charge in [-0.05, 0) is 24.5 Å². The Kier molecular flexibility index (Phi) is 1.68. The zero-order valence-electron chi connectivity index (χ0n) is 7.83. The molecule has 0 saturated carbocycles. The highest BCUT2D eigenvalue weighted by Gasteiger charge is 2.33. The van der Waals surface area contributed by atoms with Crippen LogP contribution in [0, 0.1) is 0 Å². The summed E-state index contributed by atoms with van der Waals surface area (Å²) in [6.45, 7) is 0. The summed E-state index contributed by atoms with van der Waals surface area (Å²) in [5, 5.41) is 11.8. The van der Waals surface area contributed by atoms with Gasteiger partial charge >= 0.3 is 0 Å². The molecule has 2 aliphatic rings. The predicted molar refractivity (Wildman–Crippen MR) is 52.4 cm³/mol. The van der Waals surface area contributed by atoms with E-state index < -0.39 is 0 Å². The maximum Gasteiger partial charge on any atom is 0.162 e. The maximum absolute atomic E-state index is 5.31. The van der Waals surface area contributed by atoms with Crippen LogP contribution in [0.2, 0.25) is 0 Å². The average molecular weight is 191 g/mol. The Balaban J connectivity index is 2.06. The first-order chi connectivity index (χ1) is 6.86. The van der Waals surface area contributed by atoms with Gasteiger partial charge in [0, 0.05) is 18.5 Å². The van der Waals surface area contributed by atoms with Gasteiger partial charge in [0.15, 0.2) is 5.82 Å². The Morgan fingerprint density at radius 3 is 3.21 bits per heavy atom. The maximum atomic E-state index is 5.31. The molecule has 3 rings (SSSR count). The van der Waals surface area contributed by atoms with Crippen molar-refractivity contribution in [2.75, 3.05) is 5.43 Å². The second-order valence-corrected chi connectivity index (χ2v) is 3.97. The van der Waals surface area contributed by atoms with Crippen molar-refractivity contribution in [1.29, 1.82) is 0 Å². The van der Waals surface area contributed by atoms with Gasteiger partial charge in [-0.2, -0.15) is 5.10 Å². The van der Waals surface area contributed by atoms with E-state index in [-0.39, 0.29) is 0 Å². The number of nitrogens with one attached hydrogen (secondary N) is 2. The van der Waals surface area contributed by atoms with Gasteiger partial charge in [-0.25, -0.2) is 5.84 Å². The number of nitrogens with two attached hydrogens (primary N) is 1. The summed E-state index contributed by atoms with van der Waals surface area (Å²) in [4.78, 5) is 0. The van der Waals surface area contributed by atoms with Crippen LogP contribution >= 0.6 is 0 Å². The lowest BCUT2D eigenvalue weighted by Crippen LogP contribution is -2.32. The van der Waals surface area contributed by atoms with Crippen LogP contribution in [0.15, 0.2) is 6.07 Å². The van der Waals surface area contributed by atoms with Crippen LogP contribution in [-0.2, 0) is 6.42 Å². The largest absolute Gasteiger partial charge is 0.307 e. The minimum atomic E-state index is 0.464. The smallest absolute Gasteiger partial charge is 0.162 e. The van der Waals surface area contributed by atoms with Gasteiger partial charge in [0.2, 0.25) is 0 Å². The molecule has 1 fully saturated rings. The molecule has 1 saturated heterocycles. The minimum absolute atomic E-state index is 0.464. The van der Waals surface area contributed by atoms with Crippen LogP contribution in [0.25, 0.3) is 0 Å². The highest BCUT2D eigenvalue weighted by molar-refractivity contribution is 5.40. The van der Waals surface area contributed by atoms with Gasteiger partial charge in [-0.1, -0.05) is 0 Å². The third kappa shape index (κ3) is 1.09. The Morgan fingerprint density at radius 1 is 1.43 bits per heavy atom. The summed E-state index contributed by atoms with van der Waals surface area (Å²) in [5.41, 5.74) is 4.93. The summed E-state index contributed by atoms with van der Waals surface area (Å²) in [7, 11) is 0. The molecule has 1 aromatic heterocycles. The third-order valence-corrected chi connectivity index (χ3v) is 3.11. The molecule has 74 valence electrons. The molecular weight excluding hydrogens is 178 g/mol. The molecule has 0 spiro atoms. The van der Waals surface area contributed by atoms with Crippen LogP contribution in [0.5, 0.6) is 0 Å². The Bertz CT molecular complexity index is 364. The first-order valence-corrected chi connectivity index (χ1v) is 4.96. The lowest BCUT2D eigenvalue weighted by atomic mass is 10.0. The van der Waals surface area contributed by atoms with Crippen molar-refractivity contribution in [1.82, 2.24) is 15.5 Å². The Morgan fingerprint density at radius 2 is 2.36 bits per heavy atom. The fourth-order valence-electron chi connectivity index (χ4n) is 2.42. The molecule has 4 N–H and O–H groups in total. The highest BCUT2D eigenvalue weighted by Crippen LogP contribution is 2.35. The van der Waals surface area contributed by atoms with Crippen LogP contribution in [0.4, 0.5) is 5.82 Å². The molecule has 0 aliphatic carbocycles. The third-order valence-electron chi connectivity index (χ3n) is 3.11. The summed E-state index contributed by atoms with van der Waals surface area (Å²) >= 11 is 0. The molecule has 14 heavy (non-hydrogen) atoms. The monoisotopic (exact) mass is 191 g/mol. The van der Waals surface area contributed by atoms with E-state index >= 15 is 0 Å².